The maximum Gasteiger partial charge on any atom is 0.325 e. The topological polar surface area (TPSA) is 92.8 Å². The number of nitrogens with one attached hydrogen (secondary N) is 1. The first kappa shape index (κ1) is 21.0. The van der Waals surface area contributed by atoms with Gasteiger partial charge in [0.05, 0.1) is 6.26 Å². The molecule has 1 atom stereocenters. The van der Waals surface area contributed by atoms with Crippen LogP contribution in [0.4, 0.5) is 5.69 Å². The first-order chi connectivity index (χ1) is 13.7. The van der Waals surface area contributed by atoms with Crippen LogP contribution < -0.4 is 5.32 Å². The molecule has 0 bridgehead atoms. The Labute approximate surface area is 170 Å². The van der Waals surface area contributed by atoms with Crippen molar-refractivity contribution in [3.8, 4) is 0 Å². The third-order valence-corrected chi connectivity index (χ3v) is 6.36. The van der Waals surface area contributed by atoms with Crippen molar-refractivity contribution in [2.24, 2.45) is 0 Å². The van der Waals surface area contributed by atoms with Crippen LogP contribution in [0.2, 0.25) is 0 Å². The monoisotopic (exact) mass is 416 g/mol. The fraction of sp³-hybridized carbons (Fsp3) is 0.333. The van der Waals surface area contributed by atoms with E-state index >= 15 is 0 Å². The minimum absolute atomic E-state index is 0.101. The number of fused-ring (bicyclic) bond motifs is 1. The number of esters is 1. The molecule has 29 heavy (non-hydrogen) atoms. The van der Waals surface area contributed by atoms with Crippen molar-refractivity contribution in [3.63, 3.8) is 0 Å². The van der Waals surface area contributed by atoms with Gasteiger partial charge in [-0.3, -0.25) is 9.59 Å². The number of hydrogen-bond donors (Lipinski definition) is 1. The van der Waals surface area contributed by atoms with E-state index in [2.05, 4.69) is 5.32 Å². The molecule has 7 nitrogen and oxygen atoms in total. The summed E-state index contributed by atoms with van der Waals surface area (Å²) in [5, 5.41) is 2.72. The van der Waals surface area contributed by atoms with Crippen molar-refractivity contribution in [2.45, 2.75) is 32.9 Å². The zero-order valence-corrected chi connectivity index (χ0v) is 17.5. The van der Waals surface area contributed by atoms with Gasteiger partial charge in [0.1, 0.15) is 6.04 Å². The smallest absolute Gasteiger partial charge is 0.325 e. The van der Waals surface area contributed by atoms with Crippen LogP contribution >= 0.6 is 0 Å². The molecule has 0 spiro atoms. The molecule has 1 amide bonds. The van der Waals surface area contributed by atoms with Gasteiger partial charge in [-0.15, -0.1) is 0 Å². The Kier molecular flexibility index (Phi) is 6.04. The molecular weight excluding hydrogens is 392 g/mol. The van der Waals surface area contributed by atoms with Crippen molar-refractivity contribution in [2.75, 3.05) is 18.2 Å². The number of sulfonamides is 1. The van der Waals surface area contributed by atoms with E-state index in [9.17, 15) is 18.0 Å². The Bertz CT molecular complexity index is 1050. The van der Waals surface area contributed by atoms with Gasteiger partial charge in [-0.25, -0.2) is 8.42 Å². The summed E-state index contributed by atoms with van der Waals surface area (Å²) in [4.78, 5) is 24.9. The number of aryl methyl sites for hydroxylation is 1. The fourth-order valence-corrected chi connectivity index (χ4v) is 4.35. The molecule has 2 aromatic carbocycles. The molecule has 1 aliphatic heterocycles. The maximum atomic E-state index is 12.6. The quantitative estimate of drug-likeness (QED) is 0.754. The lowest BCUT2D eigenvalue weighted by Gasteiger charge is -2.33. The van der Waals surface area contributed by atoms with E-state index in [1.165, 1.54) is 0 Å². The first-order valence-electron chi connectivity index (χ1n) is 9.23. The Hall–Kier alpha value is -2.71. The summed E-state index contributed by atoms with van der Waals surface area (Å²) in [5.74, 6) is -1.21. The minimum atomic E-state index is -3.63. The van der Waals surface area contributed by atoms with Gasteiger partial charge in [0.25, 0.3) is 5.91 Å². The number of rotatable bonds is 5. The molecule has 1 heterocycles. The number of nitrogens with zero attached hydrogens (tertiary/aromatic N) is 1. The van der Waals surface area contributed by atoms with Gasteiger partial charge < -0.3 is 10.1 Å². The number of carbonyl (C=O) groups is 2. The third-order valence-electron chi connectivity index (χ3n) is 5.13. The molecule has 0 aromatic heterocycles. The van der Waals surface area contributed by atoms with Crippen LogP contribution in [0.5, 0.6) is 0 Å². The fourth-order valence-electron chi connectivity index (χ4n) is 3.35. The van der Waals surface area contributed by atoms with E-state index in [4.69, 9.17) is 4.74 Å². The van der Waals surface area contributed by atoms with E-state index in [-0.39, 0.29) is 13.0 Å². The van der Waals surface area contributed by atoms with Gasteiger partial charge in [0.2, 0.25) is 10.0 Å². The molecule has 2 aromatic rings. The molecule has 0 fully saturated rings. The molecule has 1 N–H and O–H groups in total. The van der Waals surface area contributed by atoms with Gasteiger partial charge in [0.15, 0.2) is 6.61 Å². The predicted molar refractivity (Wildman–Crippen MR) is 110 cm³/mol. The van der Waals surface area contributed by atoms with Crippen molar-refractivity contribution < 1.29 is 22.7 Å². The van der Waals surface area contributed by atoms with E-state index < -0.39 is 34.5 Å². The Morgan fingerprint density at radius 3 is 2.48 bits per heavy atom. The number of benzene rings is 2. The van der Waals surface area contributed by atoms with Crippen LogP contribution in [0, 0.1) is 13.8 Å². The molecular formula is C21H24N2O5S. The SMILES string of the molecule is Cc1cccc(NC(=O)COC(=O)[C@@H]2Cc3ccccc3CN2S(C)(=O)=O)c1C. The van der Waals surface area contributed by atoms with Gasteiger partial charge in [-0.2, -0.15) is 4.31 Å². The summed E-state index contributed by atoms with van der Waals surface area (Å²) in [6.45, 7) is 3.44. The second-order valence-corrected chi connectivity index (χ2v) is 9.14. The van der Waals surface area contributed by atoms with Crippen LogP contribution in [0.3, 0.4) is 0 Å². The average molecular weight is 416 g/mol. The number of hydrogen-bond acceptors (Lipinski definition) is 5. The van der Waals surface area contributed by atoms with E-state index in [0.717, 1.165) is 32.8 Å². The maximum absolute atomic E-state index is 12.6. The predicted octanol–water partition coefficient (Wildman–Crippen LogP) is 2.17. The highest BCUT2D eigenvalue weighted by atomic mass is 32.2. The van der Waals surface area contributed by atoms with Crippen molar-refractivity contribution in [1.29, 1.82) is 0 Å². The minimum Gasteiger partial charge on any atom is -0.454 e. The van der Waals surface area contributed by atoms with Crippen LogP contribution in [-0.4, -0.2) is 43.5 Å². The number of anilines is 1. The lowest BCUT2D eigenvalue weighted by Crippen LogP contribution is -2.49. The van der Waals surface area contributed by atoms with Crippen molar-refractivity contribution >= 4 is 27.6 Å². The molecule has 0 radical (unpaired) electrons. The molecule has 0 saturated carbocycles. The van der Waals surface area contributed by atoms with Crippen LogP contribution in [-0.2, 0) is 37.3 Å². The molecule has 0 unspecified atom stereocenters. The second-order valence-electron chi connectivity index (χ2n) is 7.20. The third kappa shape index (κ3) is 4.83. The summed E-state index contributed by atoms with van der Waals surface area (Å²) < 4.78 is 30.7. The highest BCUT2D eigenvalue weighted by molar-refractivity contribution is 7.88. The number of amides is 1. The van der Waals surface area contributed by atoms with Crippen molar-refractivity contribution in [3.05, 3.63) is 64.7 Å². The normalized spacial score (nSPS) is 16.7. The first-order valence-corrected chi connectivity index (χ1v) is 11.1. The van der Waals surface area contributed by atoms with E-state index in [0.29, 0.717) is 5.69 Å². The zero-order chi connectivity index (χ0) is 21.2. The number of carbonyl (C=O) groups excluding carboxylic acids is 2. The molecule has 1 aliphatic rings. The molecule has 8 heteroatoms. The molecule has 154 valence electrons. The summed E-state index contributed by atoms with van der Waals surface area (Å²) >= 11 is 0. The Morgan fingerprint density at radius 2 is 1.79 bits per heavy atom. The van der Waals surface area contributed by atoms with E-state index in [1.807, 2.05) is 50.2 Å². The summed E-state index contributed by atoms with van der Waals surface area (Å²) in [7, 11) is -3.63. The number of ether oxygens (including phenoxy) is 1. The molecule has 0 aliphatic carbocycles. The van der Waals surface area contributed by atoms with Crippen LogP contribution in [0.25, 0.3) is 0 Å². The second kappa shape index (κ2) is 8.34. The van der Waals surface area contributed by atoms with E-state index in [1.54, 1.807) is 6.07 Å². The molecule has 3 rings (SSSR count). The summed E-state index contributed by atoms with van der Waals surface area (Å²) in [6, 6.07) is 11.9. The van der Waals surface area contributed by atoms with Crippen molar-refractivity contribution in [1.82, 2.24) is 4.31 Å². The summed E-state index contributed by atoms with van der Waals surface area (Å²) in [5.41, 5.74) is 4.36. The van der Waals surface area contributed by atoms with Crippen LogP contribution in [0.15, 0.2) is 42.5 Å². The molecule has 0 saturated heterocycles. The largest absolute Gasteiger partial charge is 0.454 e. The Morgan fingerprint density at radius 1 is 1.10 bits per heavy atom. The Balaban J connectivity index is 1.68. The average Bonchev–Trinajstić information content (AvgIpc) is 2.68. The van der Waals surface area contributed by atoms with Gasteiger partial charge >= 0.3 is 5.97 Å². The highest BCUT2D eigenvalue weighted by Crippen LogP contribution is 2.26. The van der Waals surface area contributed by atoms with Gasteiger partial charge in [0, 0.05) is 18.7 Å². The highest BCUT2D eigenvalue weighted by Gasteiger charge is 2.38. The van der Waals surface area contributed by atoms with Crippen LogP contribution in [0.1, 0.15) is 22.3 Å². The van der Waals surface area contributed by atoms with Gasteiger partial charge in [-0.05, 0) is 42.2 Å². The summed E-state index contributed by atoms with van der Waals surface area (Å²) in [6.07, 6.45) is 1.27. The lowest BCUT2D eigenvalue weighted by molar-refractivity contribution is -0.151. The standard InChI is InChI=1S/C21H24N2O5S/c1-14-7-6-10-18(15(14)2)22-20(24)13-28-21(25)19-11-16-8-4-5-9-17(16)12-23(19)29(3,26)27/h4-10,19H,11-13H2,1-3H3,(H,22,24)/t19-/m0/s1. The lowest BCUT2D eigenvalue weighted by atomic mass is 9.96. The zero-order valence-electron chi connectivity index (χ0n) is 16.6. The van der Waals surface area contributed by atoms with Gasteiger partial charge in [-0.1, -0.05) is 36.4 Å².